The molecule has 2 aromatic rings. The molecule has 0 aliphatic rings. The molecule has 1 aromatic carbocycles. The second-order valence-electron chi connectivity index (χ2n) is 3.81. The van der Waals surface area contributed by atoms with Gasteiger partial charge in [0.2, 0.25) is 0 Å². The maximum absolute atomic E-state index is 11.0. The number of nitrogens with two attached hydrogens (primary N) is 1. The van der Waals surface area contributed by atoms with Crippen molar-refractivity contribution in [1.29, 1.82) is 0 Å². The molecule has 9 heteroatoms. The number of H-pyrrole nitrogens is 1. The van der Waals surface area contributed by atoms with Crippen molar-refractivity contribution in [3.63, 3.8) is 0 Å². The minimum absolute atomic E-state index is 0. The third kappa shape index (κ3) is 3.83. The van der Waals surface area contributed by atoms with E-state index >= 15 is 0 Å². The second kappa shape index (κ2) is 6.89. The molecule has 1 aromatic heterocycles. The number of oxazole rings is 1. The Morgan fingerprint density at radius 3 is 2.80 bits per heavy atom. The van der Waals surface area contributed by atoms with Crippen LogP contribution in [0.15, 0.2) is 27.4 Å². The summed E-state index contributed by atoms with van der Waals surface area (Å²) in [6, 6.07) is 4.84. The molecule has 0 radical (unpaired) electrons. The van der Waals surface area contributed by atoms with Crippen LogP contribution in [0.1, 0.15) is 6.42 Å². The van der Waals surface area contributed by atoms with Crippen molar-refractivity contribution in [2.24, 2.45) is 5.73 Å². The van der Waals surface area contributed by atoms with Gasteiger partial charge >= 0.3 is 35.3 Å². The maximum atomic E-state index is 11.0. The first-order valence-electron chi connectivity index (χ1n) is 5.37. The van der Waals surface area contributed by atoms with E-state index in [0.29, 0.717) is 16.8 Å². The largest absolute Gasteiger partial charge is 1.00 e. The van der Waals surface area contributed by atoms with Crippen molar-refractivity contribution < 1.29 is 43.9 Å². The van der Waals surface area contributed by atoms with Crippen molar-refractivity contribution in [2.45, 2.75) is 6.42 Å². The van der Waals surface area contributed by atoms with Crippen LogP contribution in [0.2, 0.25) is 0 Å². The summed E-state index contributed by atoms with van der Waals surface area (Å²) in [7, 11) is 0. The Labute approximate surface area is 141 Å². The monoisotopic (exact) mass is 303 g/mol. The molecule has 0 aliphatic carbocycles. The molecule has 0 atom stereocenters. The van der Waals surface area contributed by atoms with Crippen LogP contribution in [0.5, 0.6) is 0 Å². The summed E-state index contributed by atoms with van der Waals surface area (Å²) < 4.78 is 4.91. The van der Waals surface area contributed by atoms with Crippen molar-refractivity contribution in [1.82, 2.24) is 4.98 Å². The van der Waals surface area contributed by atoms with Crippen LogP contribution in [-0.4, -0.2) is 22.6 Å². The van der Waals surface area contributed by atoms with E-state index in [1.807, 2.05) is 0 Å². The summed E-state index contributed by atoms with van der Waals surface area (Å²) in [5.41, 5.74) is 6.98. The van der Waals surface area contributed by atoms with Gasteiger partial charge in [-0.1, -0.05) is 0 Å². The number of nitrogens with zero attached hydrogens (tertiary/aromatic N) is 1. The molecule has 0 saturated carbocycles. The van der Waals surface area contributed by atoms with Gasteiger partial charge in [-0.3, -0.25) is 4.98 Å². The van der Waals surface area contributed by atoms with Crippen molar-refractivity contribution >= 4 is 40.1 Å². The van der Waals surface area contributed by atoms with Crippen LogP contribution in [0.4, 0.5) is 5.69 Å². The van der Waals surface area contributed by atoms with E-state index in [-0.39, 0.29) is 47.6 Å². The molecule has 0 spiro atoms. The summed E-state index contributed by atoms with van der Waals surface area (Å²) >= 11 is 4.87. The quantitative estimate of drug-likeness (QED) is 0.441. The van der Waals surface area contributed by atoms with Gasteiger partial charge in [-0.15, -0.1) is 0 Å². The Morgan fingerprint density at radius 1 is 1.50 bits per heavy atom. The normalized spacial score (nSPS) is 10.0. The first-order valence-corrected chi connectivity index (χ1v) is 5.78. The zero-order chi connectivity index (χ0) is 14.0. The summed E-state index contributed by atoms with van der Waals surface area (Å²) in [4.78, 5) is 25.5. The van der Waals surface area contributed by atoms with Gasteiger partial charge in [-0.2, -0.15) is 0 Å². The minimum Gasteiger partial charge on any atom is -0.550 e. The van der Waals surface area contributed by atoms with E-state index in [1.54, 1.807) is 18.2 Å². The Kier molecular flexibility index (Phi) is 5.75. The SMILES string of the molecule is NC(=S)N(CCC(=O)[O-])c1ccc2[nH]c(=O)oc2c1.[Na+]. The van der Waals surface area contributed by atoms with Crippen molar-refractivity contribution in [2.75, 3.05) is 11.4 Å². The van der Waals surface area contributed by atoms with Gasteiger partial charge in [0.1, 0.15) is 0 Å². The number of hydrogen-bond acceptors (Lipinski definition) is 5. The molecular formula is C11H10N3NaO4S. The molecule has 0 saturated heterocycles. The van der Waals surface area contributed by atoms with E-state index in [1.165, 1.54) is 4.90 Å². The number of carboxylic acids is 1. The minimum atomic E-state index is -1.20. The van der Waals surface area contributed by atoms with Crippen LogP contribution in [0, 0.1) is 0 Å². The fourth-order valence-electron chi connectivity index (χ4n) is 1.67. The topological polar surface area (TPSA) is 115 Å². The molecule has 0 fully saturated rings. The molecule has 0 bridgehead atoms. The van der Waals surface area contributed by atoms with Gasteiger partial charge in [0, 0.05) is 30.7 Å². The van der Waals surface area contributed by atoms with Gasteiger partial charge in [-0.25, -0.2) is 4.79 Å². The molecule has 3 N–H and O–H groups in total. The number of thiocarbonyl (C=S) groups is 1. The van der Waals surface area contributed by atoms with Crippen molar-refractivity contribution in [3.05, 3.63) is 28.7 Å². The van der Waals surface area contributed by atoms with Crippen LogP contribution in [0.3, 0.4) is 0 Å². The number of anilines is 1. The number of rotatable bonds is 4. The van der Waals surface area contributed by atoms with Gasteiger partial charge in [0.25, 0.3) is 0 Å². The molecule has 2 rings (SSSR count). The number of fused-ring (bicyclic) bond motifs is 1. The molecule has 1 heterocycles. The molecule has 7 nitrogen and oxygen atoms in total. The number of aromatic amines is 1. The summed E-state index contributed by atoms with van der Waals surface area (Å²) in [5.74, 6) is -1.76. The molecular weight excluding hydrogens is 293 g/mol. The summed E-state index contributed by atoms with van der Waals surface area (Å²) in [5, 5.41) is 10.5. The number of carboxylic acid groups (broad SMARTS) is 1. The zero-order valence-corrected chi connectivity index (χ0v) is 13.5. The third-order valence-corrected chi connectivity index (χ3v) is 2.74. The maximum Gasteiger partial charge on any atom is 1.00 e. The number of carbonyl (C=O) groups excluding carboxylic acids is 1. The molecule has 100 valence electrons. The summed E-state index contributed by atoms with van der Waals surface area (Å²) in [6.07, 6.45) is -0.216. The molecule has 20 heavy (non-hydrogen) atoms. The first-order chi connectivity index (χ1) is 8.97. The summed E-state index contributed by atoms with van der Waals surface area (Å²) in [6.45, 7) is 0.0812. The molecule has 0 aliphatic heterocycles. The Morgan fingerprint density at radius 2 is 2.20 bits per heavy atom. The standard InChI is InChI=1S/C11H11N3O4S.Na/c12-10(19)14(4-3-9(15)16)6-1-2-7-8(5-6)18-11(17)13-7;/h1-2,5H,3-4H2,(H2,12,19)(H,13,17)(H,15,16);/q;+1/p-1. The van der Waals surface area contributed by atoms with Crippen molar-refractivity contribution in [3.8, 4) is 0 Å². The predicted molar refractivity (Wildman–Crippen MR) is 70.6 cm³/mol. The third-order valence-electron chi connectivity index (χ3n) is 2.52. The van der Waals surface area contributed by atoms with E-state index in [2.05, 4.69) is 4.98 Å². The molecule has 0 amide bonds. The van der Waals surface area contributed by atoms with Gasteiger partial charge in [-0.05, 0) is 24.4 Å². The van der Waals surface area contributed by atoms with E-state index in [0.717, 1.165) is 0 Å². The number of nitrogens with one attached hydrogen (secondary N) is 1. The van der Waals surface area contributed by atoms with Crippen LogP contribution in [-0.2, 0) is 4.79 Å². The van der Waals surface area contributed by atoms with Gasteiger partial charge < -0.3 is 25.0 Å². The first kappa shape index (κ1) is 16.7. The van der Waals surface area contributed by atoms with Crippen LogP contribution in [0.25, 0.3) is 11.1 Å². The Balaban J connectivity index is 0.00000200. The van der Waals surface area contributed by atoms with E-state index in [4.69, 9.17) is 22.4 Å². The van der Waals surface area contributed by atoms with Gasteiger partial charge in [0.15, 0.2) is 10.7 Å². The smallest absolute Gasteiger partial charge is 0.550 e. The predicted octanol–water partition coefficient (Wildman–Crippen LogP) is -3.68. The molecule has 0 unspecified atom stereocenters. The zero-order valence-electron chi connectivity index (χ0n) is 10.7. The number of hydrogen-bond donors (Lipinski definition) is 2. The van der Waals surface area contributed by atoms with Gasteiger partial charge in [0.05, 0.1) is 5.52 Å². The average Bonchev–Trinajstić information content (AvgIpc) is 2.67. The van der Waals surface area contributed by atoms with Crippen LogP contribution < -0.4 is 51.1 Å². The van der Waals surface area contributed by atoms with E-state index < -0.39 is 11.7 Å². The fraction of sp³-hybridized carbons (Fsp3) is 0.182. The number of benzene rings is 1. The fourth-order valence-corrected chi connectivity index (χ4v) is 1.87. The van der Waals surface area contributed by atoms with E-state index in [9.17, 15) is 14.7 Å². The van der Waals surface area contributed by atoms with Crippen LogP contribution >= 0.6 is 12.2 Å². The second-order valence-corrected chi connectivity index (χ2v) is 4.23. The Bertz CT molecular complexity index is 696. The Hall–Kier alpha value is -1.35. The average molecular weight is 303 g/mol. The number of carbonyl (C=O) groups is 1. The number of aliphatic carboxylic acids is 1. The number of aromatic nitrogens is 1.